The van der Waals surface area contributed by atoms with E-state index in [4.69, 9.17) is 22.9 Å². The highest BCUT2D eigenvalue weighted by atomic mass is 16.3. The molecule has 2 aromatic carbocycles. The van der Waals surface area contributed by atoms with Gasteiger partial charge in [-0.15, -0.1) is 0 Å². The summed E-state index contributed by atoms with van der Waals surface area (Å²) in [5.74, 6) is -6.21. The first-order chi connectivity index (χ1) is 34.6. The fourth-order valence-corrected chi connectivity index (χ4v) is 7.38. The van der Waals surface area contributed by atoms with Crippen LogP contribution in [0.3, 0.4) is 0 Å². The number of nitrogens with one attached hydrogen (secondary N) is 8. The molecule has 1 fully saturated rings. The lowest BCUT2D eigenvalue weighted by molar-refractivity contribution is -0.140. The number of nitrogens with two attached hydrogens (primary N) is 4. The molecule has 9 amide bonds. The molecule has 73 heavy (non-hydrogen) atoms. The number of nitrogens with zero attached hydrogens (tertiary/aromatic N) is 3. The summed E-state index contributed by atoms with van der Waals surface area (Å²) in [4.78, 5) is 127. The molecule has 0 aromatic heterocycles. The highest BCUT2D eigenvalue weighted by Crippen LogP contribution is 2.16. The summed E-state index contributed by atoms with van der Waals surface area (Å²) in [6.45, 7) is 7.03. The number of aliphatic imine (C=N–C) groups is 2. The van der Waals surface area contributed by atoms with Crippen molar-refractivity contribution in [1.82, 2.24) is 42.1 Å². The van der Waals surface area contributed by atoms with E-state index in [9.17, 15) is 48.3 Å². The van der Waals surface area contributed by atoms with Crippen LogP contribution in [-0.4, -0.2) is 150 Å². The van der Waals surface area contributed by atoms with Crippen molar-refractivity contribution in [3.05, 3.63) is 65.7 Å². The topological polar surface area (TPSA) is 402 Å². The van der Waals surface area contributed by atoms with Gasteiger partial charge in [0, 0.05) is 31.7 Å². The van der Waals surface area contributed by atoms with Gasteiger partial charge in [0.1, 0.15) is 42.3 Å². The summed E-state index contributed by atoms with van der Waals surface area (Å²) in [6.07, 6.45) is 2.03. The van der Waals surface area contributed by atoms with Gasteiger partial charge >= 0.3 is 0 Å². The van der Waals surface area contributed by atoms with E-state index in [1.807, 2.05) is 30.3 Å². The molecule has 3 rings (SSSR count). The minimum Gasteiger partial charge on any atom is -0.391 e. The standard InChI is InChI=1S/C48H73N15O10/c1-27(56-41(68)28(2)58-44(71)35(15-11-23-53-47(49)50)60-37(65)16-10-9-14-32-12-7-6-8-13-32)40(67)57-29(3)42(69)62-39(31(5)64)45(72)61-36-22-25-63(46(36)73)30(4)43(70)55-26-38(66)59-34-19-17-33(18-20-34)21-24-54-48(51)52/h6-8,12-13,17-20,27-31,35-36,39,64H,9-11,14-16,21-26H2,1-5H3,(H,55,70)(H,56,68)(H,57,67)(H,58,71)(H,59,66)(H,60,65)(H,61,72)(H,62,69)(H4,49,50,53)(H4,51,52,54)/t27-,28-,29-,30-,31-,35-,36+,39+/m0/s1. The first kappa shape index (κ1) is 59.5. The van der Waals surface area contributed by atoms with E-state index in [1.165, 1.54) is 39.5 Å². The molecule has 25 nitrogen and oxygen atoms in total. The molecule has 1 aliphatic rings. The number of anilines is 1. The largest absolute Gasteiger partial charge is 0.391 e. The lowest BCUT2D eigenvalue weighted by Crippen LogP contribution is -2.60. The second-order valence-corrected chi connectivity index (χ2v) is 17.8. The number of carbonyl (C=O) groups excluding carboxylic acids is 9. The van der Waals surface area contributed by atoms with Gasteiger partial charge in [0.25, 0.3) is 0 Å². The summed E-state index contributed by atoms with van der Waals surface area (Å²) >= 11 is 0. The fourth-order valence-electron chi connectivity index (χ4n) is 7.38. The first-order valence-corrected chi connectivity index (χ1v) is 24.2. The van der Waals surface area contributed by atoms with Crippen molar-refractivity contribution in [1.29, 1.82) is 0 Å². The number of benzene rings is 2. The van der Waals surface area contributed by atoms with Gasteiger partial charge in [-0.25, -0.2) is 0 Å². The molecule has 0 bridgehead atoms. The molecular formula is C48H73N15O10. The maximum atomic E-state index is 13.4. The SMILES string of the molecule is C[C@H](NC(=O)[C@H](C)NC(=O)[C@H](CCCN=C(N)N)NC(=O)CCCCc1ccccc1)C(=O)N[C@@H](C)C(=O)N[C@@H](C(=O)N[C@@H]1CCN([C@@H](C)C(=O)NCC(=O)Nc2ccc(CCN=C(N)N)cc2)C1=O)[C@H](C)O. The summed E-state index contributed by atoms with van der Waals surface area (Å²) in [7, 11) is 0. The molecule has 17 N–H and O–H groups in total. The van der Waals surface area contributed by atoms with Crippen LogP contribution in [0.15, 0.2) is 64.6 Å². The number of guanidine groups is 2. The first-order valence-electron chi connectivity index (χ1n) is 24.2. The van der Waals surface area contributed by atoms with Crippen LogP contribution in [0.4, 0.5) is 5.69 Å². The number of unbranched alkanes of at least 4 members (excludes halogenated alkanes) is 1. The van der Waals surface area contributed by atoms with E-state index in [0.29, 0.717) is 31.5 Å². The van der Waals surface area contributed by atoms with Crippen LogP contribution in [0.2, 0.25) is 0 Å². The van der Waals surface area contributed by atoms with E-state index < -0.39 is 95.7 Å². The molecule has 1 heterocycles. The summed E-state index contributed by atoms with van der Waals surface area (Å²) in [6, 6.07) is 8.39. The molecule has 25 heteroatoms. The Hall–Kier alpha value is -7.83. The summed E-state index contributed by atoms with van der Waals surface area (Å²) in [5, 5.41) is 30.7. The molecule has 0 unspecified atom stereocenters. The Balaban J connectivity index is 1.45. The summed E-state index contributed by atoms with van der Waals surface area (Å²) < 4.78 is 0. The Kier molecular flexibility index (Phi) is 24.6. The number of aliphatic hydroxyl groups is 1. The number of hydrogen-bond acceptors (Lipinski definition) is 12. The predicted molar refractivity (Wildman–Crippen MR) is 272 cm³/mol. The van der Waals surface area contributed by atoms with Gasteiger partial charge in [-0.2, -0.15) is 0 Å². The molecule has 1 aliphatic heterocycles. The van der Waals surface area contributed by atoms with Gasteiger partial charge in [0.2, 0.25) is 53.2 Å². The zero-order valence-electron chi connectivity index (χ0n) is 42.1. The third-order valence-electron chi connectivity index (χ3n) is 11.6. The van der Waals surface area contributed by atoms with Gasteiger partial charge in [0.05, 0.1) is 12.6 Å². The van der Waals surface area contributed by atoms with Crippen molar-refractivity contribution in [3.63, 3.8) is 0 Å². The molecule has 0 spiro atoms. The van der Waals surface area contributed by atoms with Crippen molar-refractivity contribution < 1.29 is 48.3 Å². The Morgan fingerprint density at radius 3 is 1.79 bits per heavy atom. The van der Waals surface area contributed by atoms with Gasteiger partial charge in [-0.3, -0.25) is 53.1 Å². The molecule has 2 aromatic rings. The second kappa shape index (κ2) is 30.1. The van der Waals surface area contributed by atoms with Gasteiger partial charge in [0.15, 0.2) is 11.9 Å². The Morgan fingerprint density at radius 2 is 1.21 bits per heavy atom. The minimum atomic E-state index is -1.57. The average Bonchev–Trinajstić information content (AvgIpc) is 3.70. The molecule has 1 saturated heterocycles. The Bertz CT molecular complexity index is 2270. The number of likely N-dealkylation sites (tertiary alicyclic amines) is 1. The summed E-state index contributed by atoms with van der Waals surface area (Å²) in [5.41, 5.74) is 24.1. The number of rotatable bonds is 29. The quantitative estimate of drug-likeness (QED) is 0.0220. The number of aryl methyl sites for hydroxylation is 1. The fraction of sp³-hybridized carbons (Fsp3) is 0.521. The maximum Gasteiger partial charge on any atom is 0.245 e. The molecule has 0 aliphatic carbocycles. The van der Waals surface area contributed by atoms with E-state index in [1.54, 1.807) is 24.3 Å². The van der Waals surface area contributed by atoms with Gasteiger partial charge < -0.3 is 75.5 Å². The second-order valence-electron chi connectivity index (χ2n) is 17.8. The lowest BCUT2D eigenvalue weighted by atomic mass is 10.1. The van der Waals surface area contributed by atoms with Crippen molar-refractivity contribution >= 4 is 70.8 Å². The van der Waals surface area contributed by atoms with Crippen LogP contribution < -0.4 is 65.5 Å². The normalized spacial score (nSPS) is 15.8. The third kappa shape index (κ3) is 21.2. The number of carbonyl (C=O) groups is 9. The molecule has 0 radical (unpaired) electrons. The van der Waals surface area contributed by atoms with Crippen LogP contribution in [0, 0.1) is 0 Å². The molecule has 400 valence electrons. The number of hydrogen-bond donors (Lipinski definition) is 13. The van der Waals surface area contributed by atoms with E-state index in [0.717, 1.165) is 24.0 Å². The molecule has 0 saturated carbocycles. The van der Waals surface area contributed by atoms with Crippen LogP contribution in [0.25, 0.3) is 0 Å². The van der Waals surface area contributed by atoms with E-state index >= 15 is 0 Å². The van der Waals surface area contributed by atoms with Crippen LogP contribution in [-0.2, 0) is 56.0 Å². The average molecular weight is 1020 g/mol. The van der Waals surface area contributed by atoms with Gasteiger partial charge in [-0.1, -0.05) is 42.5 Å². The van der Waals surface area contributed by atoms with Crippen molar-refractivity contribution in [3.8, 4) is 0 Å². The minimum absolute atomic E-state index is 0.00774. The smallest absolute Gasteiger partial charge is 0.245 e. The zero-order chi connectivity index (χ0) is 54.2. The Labute approximate surface area is 424 Å². The van der Waals surface area contributed by atoms with Crippen molar-refractivity contribution in [2.45, 2.75) is 134 Å². The molecule has 8 atom stereocenters. The zero-order valence-corrected chi connectivity index (χ0v) is 42.1. The lowest BCUT2D eigenvalue weighted by Gasteiger charge is -2.26. The van der Waals surface area contributed by atoms with Crippen molar-refractivity contribution in [2.24, 2.45) is 32.9 Å². The number of amides is 9. The van der Waals surface area contributed by atoms with Crippen LogP contribution in [0.5, 0.6) is 0 Å². The van der Waals surface area contributed by atoms with Crippen LogP contribution >= 0.6 is 0 Å². The molecular weight excluding hydrogens is 947 g/mol. The number of aliphatic hydroxyl groups excluding tert-OH is 1. The van der Waals surface area contributed by atoms with Gasteiger partial charge in [-0.05, 0) is 103 Å². The highest BCUT2D eigenvalue weighted by molar-refractivity contribution is 5.99. The third-order valence-corrected chi connectivity index (χ3v) is 11.6. The van der Waals surface area contributed by atoms with E-state index in [-0.39, 0.29) is 56.7 Å². The maximum absolute atomic E-state index is 13.4. The van der Waals surface area contributed by atoms with Crippen LogP contribution in [0.1, 0.15) is 84.3 Å². The highest BCUT2D eigenvalue weighted by Gasteiger charge is 2.40. The monoisotopic (exact) mass is 1020 g/mol. The van der Waals surface area contributed by atoms with E-state index in [2.05, 4.69) is 52.5 Å². The Morgan fingerprint density at radius 1 is 0.644 bits per heavy atom. The van der Waals surface area contributed by atoms with Crippen molar-refractivity contribution in [2.75, 3.05) is 31.5 Å². The predicted octanol–water partition coefficient (Wildman–Crippen LogP) is -3.01.